The highest BCUT2D eigenvalue weighted by Crippen LogP contribution is 2.26. The molecular formula is C10H12N6O4S. The quantitative estimate of drug-likeness (QED) is 0.334. The summed E-state index contributed by atoms with van der Waals surface area (Å²) < 4.78 is 26.5. The summed E-state index contributed by atoms with van der Waals surface area (Å²) >= 11 is 0. The summed E-state index contributed by atoms with van der Waals surface area (Å²) in [6.07, 6.45) is 3.02. The number of rotatable bonds is 6. The highest BCUT2D eigenvalue weighted by atomic mass is 32.2. The monoisotopic (exact) mass is 312 g/mol. The van der Waals surface area contributed by atoms with Gasteiger partial charge in [0.05, 0.1) is 16.0 Å². The summed E-state index contributed by atoms with van der Waals surface area (Å²) in [7, 11) is -3.82. The van der Waals surface area contributed by atoms with Crippen molar-refractivity contribution >= 4 is 21.4 Å². The second kappa shape index (κ2) is 5.87. The van der Waals surface area contributed by atoms with Crippen LogP contribution in [0.1, 0.15) is 5.56 Å². The van der Waals surface area contributed by atoms with Gasteiger partial charge in [0.25, 0.3) is 5.69 Å². The van der Waals surface area contributed by atoms with E-state index in [0.29, 0.717) is 5.56 Å². The third-order valence-corrected chi connectivity index (χ3v) is 4.05. The number of benzene rings is 1. The van der Waals surface area contributed by atoms with E-state index in [1.807, 2.05) is 0 Å². The first-order valence-corrected chi connectivity index (χ1v) is 7.15. The topological polar surface area (TPSA) is 156 Å². The van der Waals surface area contributed by atoms with Crippen LogP contribution in [0, 0.1) is 10.1 Å². The van der Waals surface area contributed by atoms with E-state index < -0.39 is 14.9 Å². The Bertz CT molecular complexity index is 743. The molecule has 0 radical (unpaired) electrons. The maximum atomic E-state index is 12.1. The van der Waals surface area contributed by atoms with Crippen molar-refractivity contribution in [2.24, 2.45) is 5.84 Å². The molecule has 0 unspecified atom stereocenters. The third-order valence-electron chi connectivity index (χ3n) is 2.65. The largest absolute Gasteiger partial charge is 0.318 e. The van der Waals surface area contributed by atoms with Gasteiger partial charge in [-0.15, -0.1) is 0 Å². The number of hydrogen-bond donors (Lipinski definition) is 4. The highest BCUT2D eigenvalue weighted by molar-refractivity contribution is 7.89. The fourth-order valence-corrected chi connectivity index (χ4v) is 2.64. The molecule has 0 amide bonds. The van der Waals surface area contributed by atoms with Crippen molar-refractivity contribution in [1.29, 1.82) is 0 Å². The Morgan fingerprint density at radius 1 is 1.43 bits per heavy atom. The molecule has 0 atom stereocenters. The second-order valence-electron chi connectivity index (χ2n) is 4.01. The number of aromatic nitrogens is 2. The molecule has 0 saturated heterocycles. The van der Waals surface area contributed by atoms with Gasteiger partial charge in [-0.3, -0.25) is 21.1 Å². The Morgan fingerprint density at radius 3 is 2.76 bits per heavy atom. The van der Waals surface area contributed by atoms with Crippen LogP contribution in [-0.4, -0.2) is 23.5 Å². The molecule has 0 aliphatic rings. The fourth-order valence-electron chi connectivity index (χ4n) is 1.59. The van der Waals surface area contributed by atoms with Crippen LogP contribution in [0.4, 0.5) is 11.4 Å². The van der Waals surface area contributed by atoms with Gasteiger partial charge >= 0.3 is 0 Å². The maximum absolute atomic E-state index is 12.1. The van der Waals surface area contributed by atoms with Crippen LogP contribution >= 0.6 is 0 Å². The van der Waals surface area contributed by atoms with Crippen molar-refractivity contribution in [3.63, 3.8) is 0 Å². The summed E-state index contributed by atoms with van der Waals surface area (Å²) in [6.45, 7) is 0.0429. The summed E-state index contributed by atoms with van der Waals surface area (Å²) in [6, 6.07) is 3.30. The maximum Gasteiger partial charge on any atom is 0.293 e. The second-order valence-corrected chi connectivity index (χ2v) is 5.78. The number of nitro groups is 1. The molecule has 1 heterocycles. The number of anilines is 1. The van der Waals surface area contributed by atoms with Gasteiger partial charge in [-0.05, 0) is 12.1 Å². The van der Waals surface area contributed by atoms with E-state index in [2.05, 4.69) is 20.3 Å². The van der Waals surface area contributed by atoms with Crippen LogP contribution in [-0.2, 0) is 16.6 Å². The average molecular weight is 312 g/mol. The summed E-state index contributed by atoms with van der Waals surface area (Å²) in [5, 5.41) is 17.0. The van der Waals surface area contributed by atoms with E-state index in [-0.39, 0.29) is 22.8 Å². The minimum absolute atomic E-state index is 0.0429. The minimum atomic E-state index is -3.82. The number of hydrazine groups is 1. The van der Waals surface area contributed by atoms with Crippen LogP contribution < -0.4 is 16.0 Å². The number of nitrogens with one attached hydrogen (secondary N) is 3. The molecule has 112 valence electrons. The van der Waals surface area contributed by atoms with Crippen LogP contribution in [0.15, 0.2) is 35.5 Å². The van der Waals surface area contributed by atoms with Crippen LogP contribution in [0.5, 0.6) is 0 Å². The molecule has 2 rings (SSSR count). The normalized spacial score (nSPS) is 11.3. The predicted octanol–water partition coefficient (Wildman–Crippen LogP) is 0.0820. The molecular weight excluding hydrogens is 300 g/mol. The smallest absolute Gasteiger partial charge is 0.293 e. The molecule has 1 aromatic carbocycles. The van der Waals surface area contributed by atoms with Gasteiger partial charge in [0.15, 0.2) is 0 Å². The van der Waals surface area contributed by atoms with Gasteiger partial charge < -0.3 is 5.43 Å². The van der Waals surface area contributed by atoms with Gasteiger partial charge in [0.2, 0.25) is 10.0 Å². The first-order valence-electron chi connectivity index (χ1n) is 5.66. The number of nitrogen functional groups attached to an aromatic ring is 1. The lowest BCUT2D eigenvalue weighted by molar-refractivity contribution is -0.384. The van der Waals surface area contributed by atoms with E-state index >= 15 is 0 Å². The van der Waals surface area contributed by atoms with Crippen molar-refractivity contribution in [2.75, 3.05) is 5.43 Å². The number of sulfonamides is 1. The number of nitrogens with zero attached hydrogens (tertiary/aromatic N) is 2. The standard InChI is InChI=1S/C10H12N6O4S/c11-15-9-3-8(1-2-10(9)16(17)18)21(19,20)14-6-7-4-12-13-5-7/h1-5,14-15H,6,11H2,(H,12,13). The van der Waals surface area contributed by atoms with E-state index in [1.165, 1.54) is 6.20 Å². The van der Waals surface area contributed by atoms with Gasteiger partial charge in [-0.1, -0.05) is 0 Å². The van der Waals surface area contributed by atoms with Crippen molar-refractivity contribution in [3.05, 3.63) is 46.3 Å². The molecule has 21 heavy (non-hydrogen) atoms. The molecule has 1 aromatic heterocycles. The summed E-state index contributed by atoms with van der Waals surface area (Å²) in [5.74, 6) is 5.17. The zero-order valence-electron chi connectivity index (χ0n) is 10.6. The minimum Gasteiger partial charge on any atom is -0.318 e. The fraction of sp³-hybridized carbons (Fsp3) is 0.100. The zero-order chi connectivity index (χ0) is 15.5. The van der Waals surface area contributed by atoms with Crippen molar-refractivity contribution in [3.8, 4) is 0 Å². The number of H-pyrrole nitrogens is 1. The third kappa shape index (κ3) is 3.34. The van der Waals surface area contributed by atoms with Gasteiger partial charge in [0.1, 0.15) is 5.69 Å². The summed E-state index contributed by atoms with van der Waals surface area (Å²) in [4.78, 5) is 9.96. The van der Waals surface area contributed by atoms with E-state index in [9.17, 15) is 18.5 Å². The van der Waals surface area contributed by atoms with Crippen molar-refractivity contribution < 1.29 is 13.3 Å². The van der Waals surface area contributed by atoms with E-state index in [1.54, 1.807) is 6.20 Å². The predicted molar refractivity (Wildman–Crippen MR) is 73.5 cm³/mol. The lowest BCUT2D eigenvalue weighted by Crippen LogP contribution is -2.23. The Hall–Kier alpha value is -2.50. The summed E-state index contributed by atoms with van der Waals surface area (Å²) in [5.41, 5.74) is 2.36. The Labute approximate surface area is 119 Å². The first-order chi connectivity index (χ1) is 9.94. The first kappa shape index (κ1) is 14.9. The average Bonchev–Trinajstić information content (AvgIpc) is 2.97. The molecule has 5 N–H and O–H groups in total. The Morgan fingerprint density at radius 2 is 2.19 bits per heavy atom. The van der Waals surface area contributed by atoms with Crippen LogP contribution in [0.25, 0.3) is 0 Å². The number of aromatic amines is 1. The molecule has 0 fully saturated rings. The zero-order valence-corrected chi connectivity index (χ0v) is 11.4. The molecule has 0 spiro atoms. The molecule has 10 nitrogen and oxygen atoms in total. The number of nitrogens with two attached hydrogens (primary N) is 1. The lowest BCUT2D eigenvalue weighted by atomic mass is 10.3. The molecule has 0 aliphatic carbocycles. The molecule has 2 aromatic rings. The Kier molecular flexibility index (Phi) is 4.16. The highest BCUT2D eigenvalue weighted by Gasteiger charge is 2.20. The number of nitro benzene ring substituents is 1. The lowest BCUT2D eigenvalue weighted by Gasteiger charge is -2.08. The van der Waals surface area contributed by atoms with Crippen molar-refractivity contribution in [1.82, 2.24) is 14.9 Å². The van der Waals surface area contributed by atoms with Gasteiger partial charge in [0, 0.05) is 24.4 Å². The molecule has 0 aliphatic heterocycles. The molecule has 0 bridgehead atoms. The molecule has 0 saturated carbocycles. The number of hydrogen-bond acceptors (Lipinski definition) is 7. The Balaban J connectivity index is 2.25. The van der Waals surface area contributed by atoms with Crippen molar-refractivity contribution in [2.45, 2.75) is 11.4 Å². The molecule has 11 heteroatoms. The van der Waals surface area contributed by atoms with Gasteiger partial charge in [-0.25, -0.2) is 13.1 Å². The van der Waals surface area contributed by atoms with E-state index in [4.69, 9.17) is 5.84 Å². The van der Waals surface area contributed by atoms with Crippen LogP contribution in [0.2, 0.25) is 0 Å². The SMILES string of the molecule is NNc1cc(S(=O)(=O)NCc2cn[nH]c2)ccc1[N+](=O)[O-]. The van der Waals surface area contributed by atoms with Crippen LogP contribution in [0.3, 0.4) is 0 Å². The van der Waals surface area contributed by atoms with Gasteiger partial charge in [-0.2, -0.15) is 5.10 Å². The van der Waals surface area contributed by atoms with E-state index in [0.717, 1.165) is 18.2 Å².